The van der Waals surface area contributed by atoms with Crippen LogP contribution in [0.15, 0.2) is 59.9 Å². The van der Waals surface area contributed by atoms with Crippen LogP contribution in [0.5, 0.6) is 5.75 Å². The zero-order valence-electron chi connectivity index (χ0n) is 17.2. The molecule has 0 saturated heterocycles. The fraction of sp³-hybridized carbons (Fsp3) is 0.318. The number of hydrogen-bond donors (Lipinski definition) is 2. The van der Waals surface area contributed by atoms with E-state index in [0.717, 1.165) is 29.2 Å². The fourth-order valence-corrected chi connectivity index (χ4v) is 2.90. The Morgan fingerprint density at radius 2 is 1.90 bits per heavy atom. The van der Waals surface area contributed by atoms with Crippen LogP contribution in [0.1, 0.15) is 30.3 Å². The average molecular weight is 393 g/mol. The summed E-state index contributed by atoms with van der Waals surface area (Å²) < 4.78 is 7.85. The van der Waals surface area contributed by atoms with Gasteiger partial charge < -0.3 is 15.4 Å². The van der Waals surface area contributed by atoms with Crippen LogP contribution in [-0.4, -0.2) is 34.4 Å². The van der Waals surface area contributed by atoms with E-state index in [1.807, 2.05) is 34.9 Å². The van der Waals surface area contributed by atoms with Gasteiger partial charge in [-0.25, -0.2) is 0 Å². The number of guanidine groups is 1. The molecule has 0 fully saturated rings. The molecule has 2 aromatic carbocycles. The Balaban J connectivity index is 1.61. The maximum absolute atomic E-state index is 5.89. The highest BCUT2D eigenvalue weighted by Gasteiger charge is 2.09. The lowest BCUT2D eigenvalue weighted by molar-refractivity contribution is 0.313. The quantitative estimate of drug-likeness (QED) is 0.455. The Morgan fingerprint density at radius 1 is 1.10 bits per heavy atom. The van der Waals surface area contributed by atoms with Crippen LogP contribution in [0.4, 0.5) is 0 Å². The number of ether oxygens (including phenoxy) is 1. The topological polar surface area (TPSA) is 76.4 Å². The highest BCUT2D eigenvalue weighted by atomic mass is 16.5. The summed E-state index contributed by atoms with van der Waals surface area (Å²) in [5.41, 5.74) is 3.30. The van der Waals surface area contributed by atoms with Gasteiger partial charge in [0.15, 0.2) is 11.8 Å². The highest BCUT2D eigenvalue weighted by Crippen LogP contribution is 2.20. The van der Waals surface area contributed by atoms with E-state index in [9.17, 15) is 0 Å². The van der Waals surface area contributed by atoms with Gasteiger partial charge in [-0.2, -0.15) is 0 Å². The minimum atomic E-state index is 0.502. The van der Waals surface area contributed by atoms with E-state index in [-0.39, 0.29) is 0 Å². The standard InChI is InChI=1S/C22H28N6O/c1-4-12-29-20-13-17(2)10-11-18(20)14-24-22(23-3)25-15-21-27-26-16-28(21)19-8-6-5-7-9-19/h5-11,13,16H,4,12,14-15H2,1-3H3,(H2,23,24,25). The number of aliphatic imine (C=N–C) groups is 1. The van der Waals surface area contributed by atoms with Crippen LogP contribution in [0.2, 0.25) is 0 Å². The highest BCUT2D eigenvalue weighted by molar-refractivity contribution is 5.79. The van der Waals surface area contributed by atoms with Crippen molar-refractivity contribution in [3.8, 4) is 11.4 Å². The number of aromatic nitrogens is 3. The molecule has 0 unspecified atom stereocenters. The molecule has 1 heterocycles. The first kappa shape index (κ1) is 20.4. The molecule has 0 aliphatic rings. The third-order valence-electron chi connectivity index (χ3n) is 4.42. The van der Waals surface area contributed by atoms with Crippen LogP contribution < -0.4 is 15.4 Å². The Bertz CT molecular complexity index is 935. The molecule has 0 aliphatic heterocycles. The molecule has 0 amide bonds. The molecule has 0 bridgehead atoms. The van der Waals surface area contributed by atoms with Gasteiger partial charge in [0.2, 0.25) is 0 Å². The monoisotopic (exact) mass is 392 g/mol. The maximum Gasteiger partial charge on any atom is 0.191 e. The molecule has 0 saturated carbocycles. The second kappa shape index (κ2) is 10.3. The van der Waals surface area contributed by atoms with Gasteiger partial charge in [-0.05, 0) is 37.1 Å². The van der Waals surface area contributed by atoms with Crippen molar-refractivity contribution in [1.82, 2.24) is 25.4 Å². The third-order valence-corrected chi connectivity index (χ3v) is 4.42. The number of nitrogens with zero attached hydrogens (tertiary/aromatic N) is 4. The molecule has 3 aromatic rings. The van der Waals surface area contributed by atoms with E-state index in [1.165, 1.54) is 5.56 Å². The van der Waals surface area contributed by atoms with Crippen molar-refractivity contribution in [2.75, 3.05) is 13.7 Å². The maximum atomic E-state index is 5.89. The molecule has 1 aromatic heterocycles. The zero-order valence-corrected chi connectivity index (χ0v) is 17.2. The molecule has 29 heavy (non-hydrogen) atoms. The summed E-state index contributed by atoms with van der Waals surface area (Å²) in [7, 11) is 1.75. The Hall–Kier alpha value is -3.35. The minimum Gasteiger partial charge on any atom is -0.493 e. The molecule has 7 heteroatoms. The Labute approximate surface area is 171 Å². The van der Waals surface area contributed by atoms with Gasteiger partial charge >= 0.3 is 0 Å². The van der Waals surface area contributed by atoms with Gasteiger partial charge in [-0.3, -0.25) is 9.56 Å². The lowest BCUT2D eigenvalue weighted by Crippen LogP contribution is -2.37. The van der Waals surface area contributed by atoms with Gasteiger partial charge in [0.25, 0.3) is 0 Å². The Morgan fingerprint density at radius 3 is 2.66 bits per heavy atom. The van der Waals surface area contributed by atoms with Crippen molar-refractivity contribution in [3.63, 3.8) is 0 Å². The zero-order chi connectivity index (χ0) is 20.5. The van der Waals surface area contributed by atoms with E-state index in [2.05, 4.69) is 57.9 Å². The average Bonchev–Trinajstić information content (AvgIpc) is 3.22. The van der Waals surface area contributed by atoms with Crippen LogP contribution in [0, 0.1) is 6.92 Å². The van der Waals surface area contributed by atoms with E-state index in [1.54, 1.807) is 13.4 Å². The second-order valence-electron chi connectivity index (χ2n) is 6.69. The van der Waals surface area contributed by atoms with Crippen molar-refractivity contribution in [2.45, 2.75) is 33.4 Å². The first-order valence-corrected chi connectivity index (χ1v) is 9.82. The molecule has 0 spiro atoms. The van der Waals surface area contributed by atoms with Crippen LogP contribution in [0.25, 0.3) is 5.69 Å². The SMILES string of the molecule is CCCOc1cc(C)ccc1CNC(=NC)NCc1nncn1-c1ccccc1. The number of aryl methyl sites for hydroxylation is 1. The first-order valence-electron chi connectivity index (χ1n) is 9.82. The van der Waals surface area contributed by atoms with Gasteiger partial charge in [-0.15, -0.1) is 10.2 Å². The molecule has 0 radical (unpaired) electrons. The predicted molar refractivity (Wildman–Crippen MR) is 115 cm³/mol. The number of nitrogens with one attached hydrogen (secondary N) is 2. The summed E-state index contributed by atoms with van der Waals surface area (Å²) in [5, 5.41) is 14.9. The van der Waals surface area contributed by atoms with Gasteiger partial charge in [0.1, 0.15) is 12.1 Å². The molecular formula is C22H28N6O. The second-order valence-corrected chi connectivity index (χ2v) is 6.69. The van der Waals surface area contributed by atoms with Gasteiger partial charge in [-0.1, -0.05) is 37.3 Å². The summed E-state index contributed by atoms with van der Waals surface area (Å²) in [4.78, 5) is 4.31. The summed E-state index contributed by atoms with van der Waals surface area (Å²) in [6, 6.07) is 16.3. The van der Waals surface area contributed by atoms with Crippen LogP contribution >= 0.6 is 0 Å². The van der Waals surface area contributed by atoms with Gasteiger partial charge in [0, 0.05) is 24.8 Å². The van der Waals surface area contributed by atoms with E-state index < -0.39 is 0 Å². The molecule has 0 atom stereocenters. The largest absolute Gasteiger partial charge is 0.493 e. The van der Waals surface area contributed by atoms with Crippen molar-refractivity contribution in [3.05, 3.63) is 71.8 Å². The van der Waals surface area contributed by atoms with Crippen molar-refractivity contribution in [1.29, 1.82) is 0 Å². The number of benzene rings is 2. The van der Waals surface area contributed by atoms with E-state index >= 15 is 0 Å². The summed E-state index contributed by atoms with van der Waals surface area (Å²) >= 11 is 0. The van der Waals surface area contributed by atoms with Crippen molar-refractivity contribution in [2.24, 2.45) is 4.99 Å². The summed E-state index contributed by atoms with van der Waals surface area (Å²) in [6.45, 7) is 6.00. The minimum absolute atomic E-state index is 0.502. The summed E-state index contributed by atoms with van der Waals surface area (Å²) in [6.07, 6.45) is 2.69. The Kier molecular flexibility index (Phi) is 7.22. The molecular weight excluding hydrogens is 364 g/mol. The summed E-state index contributed by atoms with van der Waals surface area (Å²) in [5.74, 6) is 2.41. The van der Waals surface area contributed by atoms with E-state index in [4.69, 9.17) is 4.74 Å². The molecule has 7 nitrogen and oxygen atoms in total. The first-order chi connectivity index (χ1) is 14.2. The lowest BCUT2D eigenvalue weighted by Gasteiger charge is -2.15. The van der Waals surface area contributed by atoms with Crippen LogP contribution in [0.3, 0.4) is 0 Å². The number of hydrogen-bond acceptors (Lipinski definition) is 4. The van der Waals surface area contributed by atoms with Gasteiger partial charge in [0.05, 0.1) is 13.2 Å². The third kappa shape index (κ3) is 5.57. The molecule has 0 aliphatic carbocycles. The molecule has 152 valence electrons. The van der Waals surface area contributed by atoms with Crippen molar-refractivity contribution >= 4 is 5.96 Å². The molecule has 3 rings (SSSR count). The number of para-hydroxylation sites is 1. The number of rotatable bonds is 8. The molecule has 2 N–H and O–H groups in total. The normalized spacial score (nSPS) is 11.3. The van der Waals surface area contributed by atoms with Crippen molar-refractivity contribution < 1.29 is 4.74 Å². The smallest absolute Gasteiger partial charge is 0.191 e. The van der Waals surface area contributed by atoms with E-state index in [0.29, 0.717) is 25.7 Å². The predicted octanol–water partition coefficient (Wildman–Crippen LogP) is 3.23. The lowest BCUT2D eigenvalue weighted by atomic mass is 10.1. The van der Waals surface area contributed by atoms with Crippen LogP contribution in [-0.2, 0) is 13.1 Å². The fourth-order valence-electron chi connectivity index (χ4n) is 2.90.